The second kappa shape index (κ2) is 24.3. The number of amides is 1. The summed E-state index contributed by atoms with van der Waals surface area (Å²) in [6, 6.07) is 3.70. The van der Waals surface area contributed by atoms with Gasteiger partial charge in [0.05, 0.1) is 39.8 Å². The zero-order valence-corrected chi connectivity index (χ0v) is 50.6. The van der Waals surface area contributed by atoms with Crippen LogP contribution in [-0.2, 0) is 49.0 Å². The second-order valence-corrected chi connectivity index (χ2v) is 34.7. The van der Waals surface area contributed by atoms with Crippen LogP contribution in [0.5, 0.6) is 0 Å². The van der Waals surface area contributed by atoms with Crippen LogP contribution in [0, 0.1) is 0 Å². The molecule has 0 radical (unpaired) electrons. The maximum absolute atomic E-state index is 12.1. The molecule has 15 nitrogen and oxygen atoms in total. The topological polar surface area (TPSA) is 170 Å². The van der Waals surface area contributed by atoms with Crippen molar-refractivity contribution in [3.8, 4) is 0 Å². The molecule has 0 atom stereocenters. The molecule has 0 saturated carbocycles. The fraction of sp³-hybridized carbons (Fsp3) is 0.635. The smallest absolute Gasteiger partial charge is 0.444 e. The van der Waals surface area contributed by atoms with Crippen molar-refractivity contribution in [2.75, 3.05) is 13.1 Å². The Morgan fingerprint density at radius 3 is 1.62 bits per heavy atom. The van der Waals surface area contributed by atoms with Crippen molar-refractivity contribution >= 4 is 70.2 Å². The van der Waals surface area contributed by atoms with E-state index in [2.05, 4.69) is 104 Å². The zero-order chi connectivity index (χ0) is 54.4. The Labute approximate surface area is 451 Å². The number of ether oxygens (including phenoxy) is 1. The molecule has 1 aliphatic carbocycles. The van der Waals surface area contributed by atoms with Crippen LogP contribution in [-0.4, -0.2) is 95.0 Å². The molecule has 6 heterocycles. The molecule has 0 N–H and O–H groups in total. The molecule has 402 valence electrons. The monoisotopic (exact) mass is 1100 g/mol. The number of aromatic nitrogens is 6. The molecule has 21 heteroatoms. The Hall–Kier alpha value is -3.46. The lowest BCUT2D eigenvalue weighted by atomic mass is 9.75. The van der Waals surface area contributed by atoms with E-state index in [1.807, 2.05) is 66.8 Å². The third kappa shape index (κ3) is 17.3. The third-order valence-electron chi connectivity index (χ3n) is 14.3. The van der Waals surface area contributed by atoms with E-state index < -0.39 is 22.2 Å². The maximum atomic E-state index is 12.1. The number of halogens is 3. The van der Waals surface area contributed by atoms with E-state index in [1.54, 1.807) is 17.2 Å². The molecule has 2 aliphatic heterocycles. The highest BCUT2D eigenvalue weighted by atomic mass is 35.5. The van der Waals surface area contributed by atoms with E-state index in [4.69, 9.17) is 66.5 Å². The lowest BCUT2D eigenvalue weighted by Crippen LogP contribution is -2.41. The number of carbonyl (C=O) groups excluding carboxylic acids is 1. The number of allylic oxidation sites excluding steroid dienone is 2. The van der Waals surface area contributed by atoms with Crippen molar-refractivity contribution in [3.63, 3.8) is 0 Å². The van der Waals surface area contributed by atoms with Gasteiger partial charge in [-0.2, -0.15) is 0 Å². The van der Waals surface area contributed by atoms with Gasteiger partial charge in [0.2, 0.25) is 23.6 Å². The minimum Gasteiger partial charge on any atom is -0.444 e. The zero-order valence-electron chi connectivity index (χ0n) is 46.4. The molecule has 0 unspecified atom stereocenters. The van der Waals surface area contributed by atoms with Gasteiger partial charge >= 0.3 is 13.2 Å². The second-order valence-electron chi connectivity index (χ2n) is 23.9. The highest BCUT2D eigenvalue weighted by Gasteiger charge is 2.52. The van der Waals surface area contributed by atoms with Crippen LogP contribution in [0.15, 0.2) is 51.0 Å². The van der Waals surface area contributed by atoms with Crippen molar-refractivity contribution in [1.82, 2.24) is 35.3 Å². The number of carbonyl (C=O) groups is 1. The fourth-order valence-electron chi connectivity index (χ4n) is 6.91. The molecule has 1 amide bonds. The molecule has 0 bridgehead atoms. The average molecular weight is 1100 g/mol. The average Bonchev–Trinajstić information content (AvgIpc) is 3.99. The summed E-state index contributed by atoms with van der Waals surface area (Å²) in [5.74, 6) is 2.05. The Bertz CT molecular complexity index is 2550. The van der Waals surface area contributed by atoms with Gasteiger partial charge in [-0.05, 0) is 151 Å². The summed E-state index contributed by atoms with van der Waals surface area (Å²) in [6.45, 7) is 37.7. The van der Waals surface area contributed by atoms with E-state index in [0.29, 0.717) is 72.8 Å². The summed E-state index contributed by atoms with van der Waals surface area (Å²) in [7, 11) is -3.99. The van der Waals surface area contributed by atoms with E-state index in [-0.39, 0.29) is 39.6 Å². The van der Waals surface area contributed by atoms with Gasteiger partial charge in [-0.25, -0.2) is 9.78 Å². The first-order valence-corrected chi connectivity index (χ1v) is 32.2. The molecule has 3 aliphatic rings. The van der Waals surface area contributed by atoms with Crippen LogP contribution >= 0.6 is 34.8 Å². The summed E-state index contributed by atoms with van der Waals surface area (Å²) >= 11 is 18.2. The van der Waals surface area contributed by atoms with Crippen LogP contribution in [0.3, 0.4) is 0 Å². The predicted octanol–water partition coefficient (Wildman–Crippen LogP) is 14.3. The lowest BCUT2D eigenvalue weighted by molar-refractivity contribution is 0.00578. The molecule has 1 saturated heterocycles. The summed E-state index contributed by atoms with van der Waals surface area (Å²) in [5, 5.41) is 18.0. The summed E-state index contributed by atoms with van der Waals surface area (Å²) in [6.07, 6.45) is 13.8. The molecule has 4 aromatic rings. The minimum atomic E-state index is -1.84. The summed E-state index contributed by atoms with van der Waals surface area (Å²) in [4.78, 5) is 22.4. The Morgan fingerprint density at radius 1 is 0.699 bits per heavy atom. The number of rotatable bonds is 12. The standard InChI is InChI=1S/C21H30ClN3O2Si.C16H28BNO4.C15H21Cl2N3O2Si/c1-21(2,3)28(4,5)26-14-19-25-24-18(27-19)12-15-11-17(22)20(23-13-15)16-9-7-6-8-10-16;1-14(2,3)20-13(19)18-10-8-12(9-11-18)17-21-15(4,5)16(6,7)22-17;1-15(2,3)23(4,5)21-9-13-20-19-12(22-13)7-10-6-11(16)14(17)18-8-10/h9,11,13H,6-8,10,12,14H2,1-5H3;8H,9-11H2,1-7H3;6,8H,7,9H2,1-5H3. The highest BCUT2D eigenvalue weighted by Crippen LogP contribution is 2.41. The van der Waals surface area contributed by atoms with Crippen LogP contribution < -0.4 is 0 Å². The fourth-order valence-corrected chi connectivity index (χ4v) is 9.35. The largest absolute Gasteiger partial charge is 0.490 e. The van der Waals surface area contributed by atoms with Gasteiger partial charge in [-0.3, -0.25) is 4.98 Å². The van der Waals surface area contributed by atoms with E-state index in [0.717, 1.165) is 41.6 Å². The predicted molar refractivity (Wildman–Crippen MR) is 295 cm³/mol. The molecule has 7 rings (SSSR count). The van der Waals surface area contributed by atoms with Gasteiger partial charge in [-0.1, -0.05) is 88.5 Å². The van der Waals surface area contributed by atoms with Crippen molar-refractivity contribution in [2.45, 2.75) is 201 Å². The molecule has 1 fully saturated rings. The first-order chi connectivity index (χ1) is 33.6. The van der Waals surface area contributed by atoms with Gasteiger partial charge in [0, 0.05) is 25.5 Å². The maximum Gasteiger partial charge on any atom is 0.490 e. The molecular weight excluding hydrogens is 1020 g/mol. The van der Waals surface area contributed by atoms with Gasteiger partial charge in [-0.15, -0.1) is 20.4 Å². The quantitative estimate of drug-likeness (QED) is 0.0969. The number of hydrogen-bond acceptors (Lipinski definition) is 14. The van der Waals surface area contributed by atoms with Crippen LogP contribution in [0.1, 0.15) is 162 Å². The first-order valence-electron chi connectivity index (χ1n) is 25.2. The molecule has 4 aromatic heterocycles. The molecule has 0 aromatic carbocycles. The summed E-state index contributed by atoms with van der Waals surface area (Å²) in [5.41, 5.74) is 3.96. The normalized spacial score (nSPS) is 17.3. The Balaban J connectivity index is 0.000000205. The van der Waals surface area contributed by atoms with Crippen molar-refractivity contribution in [1.29, 1.82) is 0 Å². The first kappa shape index (κ1) is 60.4. The third-order valence-corrected chi connectivity index (χ3v) is 24.2. The lowest BCUT2D eigenvalue weighted by Gasteiger charge is -2.35. The minimum absolute atomic E-state index is 0.140. The van der Waals surface area contributed by atoms with Crippen molar-refractivity contribution < 1.29 is 36.5 Å². The molecule has 0 spiro atoms. The van der Waals surface area contributed by atoms with E-state index >= 15 is 0 Å². The van der Waals surface area contributed by atoms with Gasteiger partial charge in [0.25, 0.3) is 0 Å². The van der Waals surface area contributed by atoms with E-state index in [1.165, 1.54) is 18.4 Å². The Kier molecular flexibility index (Phi) is 20.1. The van der Waals surface area contributed by atoms with Gasteiger partial charge < -0.3 is 36.6 Å². The molecular formula is C52H79BCl3N7O8Si2. The number of nitrogens with zero attached hydrogens (tertiary/aromatic N) is 7. The van der Waals surface area contributed by atoms with Crippen molar-refractivity contribution in [2.24, 2.45) is 0 Å². The van der Waals surface area contributed by atoms with Crippen LogP contribution in [0.2, 0.25) is 51.5 Å². The van der Waals surface area contributed by atoms with Gasteiger partial charge in [0.15, 0.2) is 16.6 Å². The van der Waals surface area contributed by atoms with Crippen LogP contribution in [0.4, 0.5) is 4.79 Å². The SMILES string of the molecule is CC(C)(C)OC(=O)N1CC=C(B2OC(C)(C)C(C)(C)O2)CC1.CC(C)(C)[Si](C)(C)OCc1nnc(Cc2cnc(C3=CCCCC3)c(Cl)c2)o1.CC(C)(C)[Si](C)(C)OCc1nnc(Cc2cnc(Cl)c(Cl)c2)o1. The number of hydrogen-bond donors (Lipinski definition) is 0. The van der Waals surface area contributed by atoms with E-state index in [9.17, 15) is 4.79 Å². The summed E-state index contributed by atoms with van der Waals surface area (Å²) < 4.78 is 41.1. The Morgan fingerprint density at radius 2 is 1.19 bits per heavy atom. The molecule has 73 heavy (non-hydrogen) atoms. The van der Waals surface area contributed by atoms with Crippen LogP contribution in [0.25, 0.3) is 5.57 Å². The van der Waals surface area contributed by atoms with Crippen molar-refractivity contribution in [3.05, 3.63) is 97.7 Å². The highest BCUT2D eigenvalue weighted by molar-refractivity contribution is 6.74. The van der Waals surface area contributed by atoms with Gasteiger partial charge in [0.1, 0.15) is 24.0 Å². The number of pyridine rings is 2.